The van der Waals surface area contributed by atoms with E-state index in [9.17, 15) is 0 Å². The van der Waals surface area contributed by atoms with Crippen molar-refractivity contribution in [2.24, 2.45) is 0 Å². The Morgan fingerprint density at radius 1 is 0.571 bits per heavy atom. The summed E-state index contributed by atoms with van der Waals surface area (Å²) in [4.78, 5) is 15.9. The summed E-state index contributed by atoms with van der Waals surface area (Å²) in [5, 5.41) is 5.04. The number of ketones is 1. The highest BCUT2D eigenvalue weighted by atomic mass is 16.1. The molecule has 4 atom stereocenters. The van der Waals surface area contributed by atoms with E-state index in [1.165, 1.54) is 16.7 Å². The largest absolute Gasteiger partial charge is 0.296 e. The summed E-state index contributed by atoms with van der Waals surface area (Å²) in [7, 11) is 0. The van der Waals surface area contributed by atoms with Crippen molar-refractivity contribution in [3.05, 3.63) is 179 Å². The zero-order valence-electron chi connectivity index (χ0n) is 23.4. The molecule has 42 heavy (non-hydrogen) atoms. The maximum atomic E-state index is 15.9. The first-order valence-corrected chi connectivity index (χ1v) is 14.9. The molecular formula is C39H32N2O. The van der Waals surface area contributed by atoms with E-state index in [1.54, 1.807) is 0 Å². The Balaban J connectivity index is 1.49. The van der Waals surface area contributed by atoms with Crippen LogP contribution in [0.5, 0.6) is 0 Å². The standard InChI is InChI=1S/C39H32N2O/c42-38-35(29-18-8-2-9-19-29)37(31-22-12-4-13-23-31)40-27-26-33-34(28-16-6-1-7-17-28)36(30-20-10-3-11-21-30)39(38,41(33)40)32-24-14-5-15-25-32/h1-25,33,35,37H,26-27H2. The number of Topliss-reactive ketones (excluding diaryl/α,β-unsaturated/α-hetero) is 1. The van der Waals surface area contributed by atoms with Crippen LogP contribution >= 0.6 is 0 Å². The second kappa shape index (κ2) is 10.1. The van der Waals surface area contributed by atoms with E-state index in [0.717, 1.165) is 35.2 Å². The van der Waals surface area contributed by atoms with E-state index in [0.29, 0.717) is 0 Å². The van der Waals surface area contributed by atoms with Gasteiger partial charge < -0.3 is 0 Å². The summed E-state index contributed by atoms with van der Waals surface area (Å²) in [5.74, 6) is -0.112. The summed E-state index contributed by atoms with van der Waals surface area (Å²) in [6, 6.07) is 53.0. The molecule has 204 valence electrons. The van der Waals surface area contributed by atoms with Crippen molar-refractivity contribution in [1.29, 1.82) is 0 Å². The van der Waals surface area contributed by atoms with Crippen molar-refractivity contribution in [2.75, 3.05) is 6.54 Å². The van der Waals surface area contributed by atoms with Crippen LogP contribution in [0.3, 0.4) is 0 Å². The van der Waals surface area contributed by atoms with Crippen LogP contribution in [0.15, 0.2) is 152 Å². The van der Waals surface area contributed by atoms with Crippen LogP contribution in [-0.2, 0) is 10.3 Å². The first kappa shape index (κ1) is 25.2. The molecule has 0 N–H and O–H groups in total. The van der Waals surface area contributed by atoms with E-state index in [1.807, 2.05) is 12.1 Å². The van der Waals surface area contributed by atoms with Crippen LogP contribution in [0.25, 0.3) is 11.1 Å². The minimum absolute atomic E-state index is 0.0784. The highest BCUT2D eigenvalue weighted by Gasteiger charge is 2.68. The molecule has 3 aliphatic rings. The Bertz CT molecular complexity index is 1750. The fraction of sp³-hybridized carbons (Fsp3) is 0.154. The molecule has 0 saturated carbocycles. The molecule has 0 aliphatic carbocycles. The second-order valence-electron chi connectivity index (χ2n) is 11.5. The number of carbonyl (C=O) groups is 1. The monoisotopic (exact) mass is 544 g/mol. The third-order valence-electron chi connectivity index (χ3n) is 9.43. The average molecular weight is 545 g/mol. The SMILES string of the molecule is O=C1C(c2ccccc2)C(c2ccccc2)N2CCC3C(c4ccccc4)=C(c4ccccc4)C1(c1ccccc1)N32. The summed E-state index contributed by atoms with van der Waals surface area (Å²) in [6.07, 6.45) is 0.952. The fourth-order valence-electron chi connectivity index (χ4n) is 7.91. The van der Waals surface area contributed by atoms with Crippen molar-refractivity contribution in [3.8, 4) is 0 Å². The summed E-state index contributed by atoms with van der Waals surface area (Å²) >= 11 is 0. The first-order chi connectivity index (χ1) is 20.8. The highest BCUT2D eigenvalue weighted by Crippen LogP contribution is 2.64. The molecule has 0 amide bonds. The topological polar surface area (TPSA) is 23.6 Å². The summed E-state index contributed by atoms with van der Waals surface area (Å²) in [6.45, 7) is 0.883. The number of hydrogen-bond donors (Lipinski definition) is 0. The van der Waals surface area contributed by atoms with Crippen molar-refractivity contribution in [2.45, 2.75) is 30.0 Å². The minimum atomic E-state index is -0.971. The van der Waals surface area contributed by atoms with Gasteiger partial charge in [-0.15, -0.1) is 0 Å². The number of hydrogen-bond acceptors (Lipinski definition) is 3. The maximum Gasteiger partial charge on any atom is 0.172 e. The third-order valence-corrected chi connectivity index (χ3v) is 9.43. The molecule has 0 spiro atoms. The van der Waals surface area contributed by atoms with Crippen LogP contribution in [-0.4, -0.2) is 28.4 Å². The van der Waals surface area contributed by atoms with Crippen LogP contribution in [0, 0.1) is 0 Å². The molecule has 5 aromatic rings. The van der Waals surface area contributed by atoms with Gasteiger partial charge in [0.05, 0.1) is 18.0 Å². The van der Waals surface area contributed by atoms with E-state index >= 15 is 4.79 Å². The zero-order valence-corrected chi connectivity index (χ0v) is 23.4. The van der Waals surface area contributed by atoms with Crippen molar-refractivity contribution < 1.29 is 4.79 Å². The smallest absolute Gasteiger partial charge is 0.172 e. The van der Waals surface area contributed by atoms with Gasteiger partial charge in [0, 0.05) is 6.54 Å². The summed E-state index contributed by atoms with van der Waals surface area (Å²) < 4.78 is 0. The van der Waals surface area contributed by atoms with Gasteiger partial charge in [-0.3, -0.25) is 4.79 Å². The molecule has 4 unspecified atom stereocenters. The maximum absolute atomic E-state index is 15.9. The number of rotatable bonds is 5. The molecule has 3 nitrogen and oxygen atoms in total. The molecule has 3 aliphatic heterocycles. The lowest BCUT2D eigenvalue weighted by atomic mass is 9.67. The summed E-state index contributed by atoms with van der Waals surface area (Å²) in [5.41, 5.74) is 6.98. The average Bonchev–Trinajstić information content (AvgIpc) is 3.63. The molecule has 3 heteroatoms. The van der Waals surface area contributed by atoms with Gasteiger partial charge >= 0.3 is 0 Å². The Morgan fingerprint density at radius 3 is 1.67 bits per heavy atom. The van der Waals surface area contributed by atoms with Crippen molar-refractivity contribution >= 4 is 16.9 Å². The van der Waals surface area contributed by atoms with Crippen LogP contribution in [0.4, 0.5) is 0 Å². The van der Waals surface area contributed by atoms with E-state index < -0.39 is 5.54 Å². The number of nitrogens with zero attached hydrogens (tertiary/aromatic N) is 2. The van der Waals surface area contributed by atoms with E-state index in [4.69, 9.17) is 0 Å². The molecule has 0 radical (unpaired) electrons. The zero-order chi connectivity index (χ0) is 28.1. The van der Waals surface area contributed by atoms with Gasteiger partial charge in [0.25, 0.3) is 0 Å². The van der Waals surface area contributed by atoms with Crippen LogP contribution in [0.2, 0.25) is 0 Å². The second-order valence-corrected chi connectivity index (χ2v) is 11.5. The van der Waals surface area contributed by atoms with Crippen LogP contribution < -0.4 is 0 Å². The molecule has 0 aromatic heterocycles. The van der Waals surface area contributed by atoms with Gasteiger partial charge in [-0.1, -0.05) is 152 Å². The van der Waals surface area contributed by atoms with Gasteiger partial charge in [0.2, 0.25) is 0 Å². The Hall–Kier alpha value is -4.57. The first-order valence-electron chi connectivity index (χ1n) is 14.9. The lowest BCUT2D eigenvalue weighted by molar-refractivity contribution is -0.165. The van der Waals surface area contributed by atoms with Gasteiger partial charge in [-0.25, -0.2) is 10.0 Å². The van der Waals surface area contributed by atoms with Gasteiger partial charge in [0.1, 0.15) is 5.54 Å². The molecule has 5 aromatic carbocycles. The Morgan fingerprint density at radius 2 is 1.07 bits per heavy atom. The van der Waals surface area contributed by atoms with Gasteiger partial charge in [-0.2, -0.15) is 0 Å². The van der Waals surface area contributed by atoms with Crippen molar-refractivity contribution in [3.63, 3.8) is 0 Å². The molecular weight excluding hydrogens is 512 g/mol. The molecule has 8 rings (SSSR count). The predicted molar refractivity (Wildman–Crippen MR) is 168 cm³/mol. The fourth-order valence-corrected chi connectivity index (χ4v) is 7.91. The van der Waals surface area contributed by atoms with E-state index in [2.05, 4.69) is 150 Å². The number of benzene rings is 5. The van der Waals surface area contributed by atoms with Crippen molar-refractivity contribution in [1.82, 2.24) is 10.0 Å². The normalized spacial score (nSPS) is 25.5. The molecule has 2 saturated heterocycles. The Labute approximate surface area is 247 Å². The van der Waals surface area contributed by atoms with E-state index in [-0.39, 0.29) is 23.8 Å². The minimum Gasteiger partial charge on any atom is -0.296 e. The Kier molecular flexibility index (Phi) is 6.03. The number of hydrazine groups is 1. The predicted octanol–water partition coefficient (Wildman–Crippen LogP) is 7.91. The quantitative estimate of drug-likeness (QED) is 0.225. The van der Waals surface area contributed by atoms with Gasteiger partial charge in [0.15, 0.2) is 5.78 Å². The van der Waals surface area contributed by atoms with Crippen LogP contribution in [0.1, 0.15) is 46.2 Å². The molecule has 3 heterocycles. The molecule has 0 bridgehead atoms. The molecule has 2 fully saturated rings. The third kappa shape index (κ3) is 3.57. The van der Waals surface area contributed by atoms with Gasteiger partial charge in [-0.05, 0) is 45.4 Å². The lowest BCUT2D eigenvalue weighted by Gasteiger charge is -2.54. The highest BCUT2D eigenvalue weighted by molar-refractivity contribution is 6.15. The lowest BCUT2D eigenvalue weighted by Crippen LogP contribution is -2.64. The number of carbonyl (C=O) groups excluding carboxylic acids is 1.